The van der Waals surface area contributed by atoms with Gasteiger partial charge in [0.1, 0.15) is 6.04 Å². The van der Waals surface area contributed by atoms with Crippen molar-refractivity contribution >= 4 is 11.8 Å². The highest BCUT2D eigenvalue weighted by molar-refractivity contribution is 5.87. The van der Waals surface area contributed by atoms with Crippen LogP contribution in [-0.4, -0.2) is 28.8 Å². The number of hydrogen-bond donors (Lipinski definition) is 1. The second-order valence-corrected chi connectivity index (χ2v) is 6.99. The van der Waals surface area contributed by atoms with Gasteiger partial charge in [0.15, 0.2) is 0 Å². The summed E-state index contributed by atoms with van der Waals surface area (Å²) in [6.07, 6.45) is 1.92. The molecule has 0 heterocycles. The maximum absolute atomic E-state index is 13.0. The highest BCUT2D eigenvalue weighted by Gasteiger charge is 2.26. The van der Waals surface area contributed by atoms with E-state index in [2.05, 4.69) is 5.32 Å². The van der Waals surface area contributed by atoms with Gasteiger partial charge in [0.25, 0.3) is 0 Å². The normalized spacial score (nSPS) is 12.9. The fourth-order valence-electron chi connectivity index (χ4n) is 2.87. The molecule has 0 spiro atoms. The number of amides is 2. The lowest BCUT2D eigenvalue weighted by Crippen LogP contribution is -2.49. The lowest BCUT2D eigenvalue weighted by molar-refractivity contribution is -0.140. The Bertz CT molecular complexity index is 716. The van der Waals surface area contributed by atoms with E-state index in [1.54, 1.807) is 11.8 Å². The Morgan fingerprint density at radius 2 is 1.48 bits per heavy atom. The van der Waals surface area contributed by atoms with Crippen molar-refractivity contribution in [2.24, 2.45) is 0 Å². The molecule has 2 amide bonds. The van der Waals surface area contributed by atoms with Gasteiger partial charge in [-0.3, -0.25) is 9.59 Å². The van der Waals surface area contributed by atoms with Crippen molar-refractivity contribution in [3.8, 4) is 0 Å². The Morgan fingerprint density at radius 1 is 0.926 bits per heavy atom. The third kappa shape index (κ3) is 6.55. The summed E-state index contributed by atoms with van der Waals surface area (Å²) in [5.41, 5.74) is 2.15. The van der Waals surface area contributed by atoms with E-state index in [4.69, 9.17) is 0 Å². The zero-order valence-corrected chi connectivity index (χ0v) is 16.5. The molecule has 2 aromatic rings. The van der Waals surface area contributed by atoms with Crippen LogP contribution in [0.2, 0.25) is 0 Å². The molecule has 0 aliphatic carbocycles. The first-order valence-corrected chi connectivity index (χ1v) is 9.69. The summed E-state index contributed by atoms with van der Waals surface area (Å²) in [5, 5.41) is 2.99. The highest BCUT2D eigenvalue weighted by atomic mass is 16.2. The van der Waals surface area contributed by atoms with Crippen LogP contribution >= 0.6 is 0 Å². The molecule has 0 bridgehead atoms. The summed E-state index contributed by atoms with van der Waals surface area (Å²) in [7, 11) is 0. The van der Waals surface area contributed by atoms with Gasteiger partial charge >= 0.3 is 0 Å². The first-order valence-electron chi connectivity index (χ1n) is 9.69. The second-order valence-electron chi connectivity index (χ2n) is 6.99. The standard InChI is InChI=1S/C23H30N2O2/c1-4-18(2)24-23(27)19(3)25(17-21-13-9-6-10-14-21)22(26)16-15-20-11-7-5-8-12-20/h5-14,18-19H,4,15-17H2,1-3H3,(H,24,27). The molecule has 0 fully saturated rings. The molecule has 2 unspecified atom stereocenters. The van der Waals surface area contributed by atoms with Gasteiger partial charge in [-0.05, 0) is 37.8 Å². The lowest BCUT2D eigenvalue weighted by Gasteiger charge is -2.29. The molecule has 0 saturated carbocycles. The van der Waals surface area contributed by atoms with Crippen LogP contribution in [-0.2, 0) is 22.6 Å². The molecule has 27 heavy (non-hydrogen) atoms. The molecule has 2 atom stereocenters. The van der Waals surface area contributed by atoms with Gasteiger partial charge in [-0.1, -0.05) is 67.6 Å². The van der Waals surface area contributed by atoms with Gasteiger partial charge in [0.05, 0.1) is 0 Å². The van der Waals surface area contributed by atoms with Crippen LogP contribution in [0, 0.1) is 0 Å². The van der Waals surface area contributed by atoms with Crippen LogP contribution in [0.4, 0.5) is 0 Å². The summed E-state index contributed by atoms with van der Waals surface area (Å²) in [5.74, 6) is -0.108. The molecular formula is C23H30N2O2. The number of benzene rings is 2. The third-order valence-corrected chi connectivity index (χ3v) is 4.83. The Labute approximate surface area is 162 Å². The van der Waals surface area contributed by atoms with Gasteiger partial charge in [-0.25, -0.2) is 0 Å². The van der Waals surface area contributed by atoms with Gasteiger partial charge < -0.3 is 10.2 Å². The molecule has 2 rings (SSSR count). The Balaban J connectivity index is 2.10. The molecule has 1 N–H and O–H groups in total. The largest absolute Gasteiger partial charge is 0.352 e. The summed E-state index contributed by atoms with van der Waals surface area (Å²) < 4.78 is 0. The van der Waals surface area contributed by atoms with Crippen molar-refractivity contribution in [3.63, 3.8) is 0 Å². The summed E-state index contributed by atoms with van der Waals surface area (Å²) >= 11 is 0. The van der Waals surface area contributed by atoms with E-state index in [1.165, 1.54) is 0 Å². The van der Waals surface area contributed by atoms with Crippen molar-refractivity contribution < 1.29 is 9.59 Å². The van der Waals surface area contributed by atoms with Crippen molar-refractivity contribution in [2.45, 2.75) is 58.7 Å². The predicted molar refractivity (Wildman–Crippen MR) is 109 cm³/mol. The van der Waals surface area contributed by atoms with Crippen molar-refractivity contribution in [1.29, 1.82) is 0 Å². The number of nitrogens with zero attached hydrogens (tertiary/aromatic N) is 1. The minimum absolute atomic E-state index is 0.00509. The quantitative estimate of drug-likeness (QED) is 0.730. The zero-order chi connectivity index (χ0) is 19.6. The molecule has 0 saturated heterocycles. The number of hydrogen-bond acceptors (Lipinski definition) is 2. The molecule has 4 nitrogen and oxygen atoms in total. The van der Waals surface area contributed by atoms with Crippen LogP contribution in [0.1, 0.15) is 44.7 Å². The average Bonchev–Trinajstić information content (AvgIpc) is 2.71. The summed E-state index contributed by atoms with van der Waals surface area (Å²) in [6, 6.07) is 19.4. The van der Waals surface area contributed by atoms with Crippen molar-refractivity contribution in [2.75, 3.05) is 0 Å². The first-order chi connectivity index (χ1) is 13.0. The number of carbonyl (C=O) groups excluding carboxylic acids is 2. The minimum atomic E-state index is -0.512. The van der Waals surface area contributed by atoms with Crippen LogP contribution < -0.4 is 5.32 Å². The average molecular weight is 367 g/mol. The molecule has 0 aliphatic heterocycles. The van der Waals surface area contributed by atoms with Gasteiger partial charge in [-0.2, -0.15) is 0 Å². The number of nitrogens with one attached hydrogen (secondary N) is 1. The number of aryl methyl sites for hydroxylation is 1. The van der Waals surface area contributed by atoms with E-state index in [-0.39, 0.29) is 17.9 Å². The molecule has 2 aromatic carbocycles. The highest BCUT2D eigenvalue weighted by Crippen LogP contribution is 2.13. The van der Waals surface area contributed by atoms with Gasteiger partial charge in [0, 0.05) is 19.0 Å². The summed E-state index contributed by atoms with van der Waals surface area (Å²) in [6.45, 7) is 6.25. The fourth-order valence-corrected chi connectivity index (χ4v) is 2.87. The minimum Gasteiger partial charge on any atom is -0.352 e. The van der Waals surface area contributed by atoms with Crippen LogP contribution in [0.5, 0.6) is 0 Å². The van der Waals surface area contributed by atoms with E-state index in [0.717, 1.165) is 17.5 Å². The van der Waals surface area contributed by atoms with Crippen LogP contribution in [0.25, 0.3) is 0 Å². The van der Waals surface area contributed by atoms with E-state index in [1.807, 2.05) is 74.5 Å². The topological polar surface area (TPSA) is 49.4 Å². The Hall–Kier alpha value is -2.62. The molecule has 0 aliphatic rings. The Kier molecular flexibility index (Phi) is 8.05. The maximum atomic E-state index is 13.0. The molecule has 0 aromatic heterocycles. The van der Waals surface area contributed by atoms with Crippen LogP contribution in [0.3, 0.4) is 0 Å². The number of rotatable bonds is 9. The molecule has 4 heteroatoms. The lowest BCUT2D eigenvalue weighted by atomic mass is 10.1. The maximum Gasteiger partial charge on any atom is 0.242 e. The first kappa shape index (κ1) is 20.7. The monoisotopic (exact) mass is 366 g/mol. The smallest absolute Gasteiger partial charge is 0.242 e. The Morgan fingerprint density at radius 3 is 2.04 bits per heavy atom. The van der Waals surface area contributed by atoms with Gasteiger partial charge in [-0.15, -0.1) is 0 Å². The molecule has 144 valence electrons. The van der Waals surface area contributed by atoms with Crippen molar-refractivity contribution in [1.82, 2.24) is 10.2 Å². The zero-order valence-electron chi connectivity index (χ0n) is 16.5. The molecular weight excluding hydrogens is 336 g/mol. The third-order valence-electron chi connectivity index (χ3n) is 4.83. The van der Waals surface area contributed by atoms with Crippen LogP contribution in [0.15, 0.2) is 60.7 Å². The van der Waals surface area contributed by atoms with Gasteiger partial charge in [0.2, 0.25) is 11.8 Å². The SMILES string of the molecule is CCC(C)NC(=O)C(C)N(Cc1ccccc1)C(=O)CCc1ccccc1. The second kappa shape index (κ2) is 10.5. The number of carbonyl (C=O) groups is 2. The van der Waals surface area contributed by atoms with E-state index < -0.39 is 6.04 Å². The van der Waals surface area contributed by atoms with E-state index in [9.17, 15) is 9.59 Å². The fraction of sp³-hybridized carbons (Fsp3) is 0.391. The van der Waals surface area contributed by atoms with Crippen molar-refractivity contribution in [3.05, 3.63) is 71.8 Å². The summed E-state index contributed by atoms with van der Waals surface area (Å²) in [4.78, 5) is 27.3. The molecule has 0 radical (unpaired) electrons. The predicted octanol–water partition coefficient (Wildman–Crippen LogP) is 3.95. The van der Waals surface area contributed by atoms with E-state index in [0.29, 0.717) is 19.4 Å². The van der Waals surface area contributed by atoms with E-state index >= 15 is 0 Å².